The van der Waals surface area contributed by atoms with E-state index in [9.17, 15) is 24.3 Å². The van der Waals surface area contributed by atoms with Crippen LogP contribution in [0.5, 0.6) is 0 Å². The molecule has 4 rings (SSSR count). The normalized spacial score (nSPS) is 13.1. The summed E-state index contributed by atoms with van der Waals surface area (Å²) in [5, 5.41) is 12.5. The number of aliphatic hydroxyl groups excluding tert-OH is 1. The molecule has 0 saturated heterocycles. The summed E-state index contributed by atoms with van der Waals surface area (Å²) in [6.07, 6.45) is -1.52. The number of aliphatic hydroxyl groups is 1. The van der Waals surface area contributed by atoms with Crippen molar-refractivity contribution >= 4 is 29.1 Å². The van der Waals surface area contributed by atoms with E-state index in [0.29, 0.717) is 11.1 Å². The van der Waals surface area contributed by atoms with Gasteiger partial charge in [-0.15, -0.1) is 0 Å². The van der Waals surface area contributed by atoms with Crippen LogP contribution in [0.1, 0.15) is 43.5 Å². The van der Waals surface area contributed by atoms with E-state index in [4.69, 9.17) is 4.74 Å². The standard InChI is InChI=1S/C24H17NO6/c26-19(13-31-24(30)21(27)14-7-2-1-3-8-14)25-18-12-6-11-17-20(18)23(29)16-10-5-4-9-15(16)22(17)28/h1-12,21,27H,13H2,(H,25,26). The van der Waals surface area contributed by atoms with E-state index in [1.165, 1.54) is 12.1 Å². The number of ketones is 2. The summed E-state index contributed by atoms with van der Waals surface area (Å²) in [4.78, 5) is 50.0. The van der Waals surface area contributed by atoms with Crippen molar-refractivity contribution in [2.24, 2.45) is 0 Å². The third-order valence-electron chi connectivity index (χ3n) is 4.91. The number of fused-ring (bicyclic) bond motifs is 2. The van der Waals surface area contributed by atoms with Gasteiger partial charge in [-0.05, 0) is 11.6 Å². The topological polar surface area (TPSA) is 110 Å². The minimum absolute atomic E-state index is 0.0928. The third-order valence-corrected chi connectivity index (χ3v) is 4.91. The predicted molar refractivity (Wildman–Crippen MR) is 111 cm³/mol. The molecule has 1 unspecified atom stereocenters. The Labute approximate surface area is 177 Å². The van der Waals surface area contributed by atoms with Gasteiger partial charge in [-0.25, -0.2) is 4.79 Å². The van der Waals surface area contributed by atoms with Gasteiger partial charge in [0.1, 0.15) is 0 Å². The lowest BCUT2D eigenvalue weighted by atomic mass is 9.83. The summed E-state index contributed by atoms with van der Waals surface area (Å²) < 4.78 is 4.89. The number of benzene rings is 3. The third kappa shape index (κ3) is 3.86. The molecular weight excluding hydrogens is 398 g/mol. The number of amides is 1. The van der Waals surface area contributed by atoms with Crippen molar-refractivity contribution < 1.29 is 29.0 Å². The van der Waals surface area contributed by atoms with E-state index < -0.39 is 24.6 Å². The summed E-state index contributed by atoms with van der Waals surface area (Å²) in [5.41, 5.74) is 1.35. The van der Waals surface area contributed by atoms with Gasteiger partial charge in [-0.3, -0.25) is 14.4 Å². The lowest BCUT2D eigenvalue weighted by Crippen LogP contribution is -2.27. The molecule has 154 valence electrons. The number of hydrogen-bond donors (Lipinski definition) is 2. The number of anilines is 1. The van der Waals surface area contributed by atoms with Gasteiger partial charge in [0.15, 0.2) is 24.3 Å². The lowest BCUT2D eigenvalue weighted by molar-refractivity contribution is -0.156. The molecule has 2 N–H and O–H groups in total. The molecule has 0 aromatic heterocycles. The molecule has 0 heterocycles. The van der Waals surface area contributed by atoms with Gasteiger partial charge in [0.25, 0.3) is 5.91 Å². The van der Waals surface area contributed by atoms with Crippen molar-refractivity contribution in [1.29, 1.82) is 0 Å². The molecule has 0 bridgehead atoms. The SMILES string of the molecule is O=C(COC(=O)C(O)c1ccccc1)Nc1cccc2c1C(=O)c1ccccc1C2=O. The summed E-state index contributed by atoms with van der Waals surface area (Å²) in [7, 11) is 0. The van der Waals surface area contributed by atoms with Crippen LogP contribution >= 0.6 is 0 Å². The number of esters is 1. The second kappa shape index (κ2) is 8.33. The van der Waals surface area contributed by atoms with Crippen LogP contribution in [0.15, 0.2) is 72.8 Å². The minimum atomic E-state index is -1.52. The van der Waals surface area contributed by atoms with Crippen LogP contribution in [0.25, 0.3) is 0 Å². The summed E-state index contributed by atoms with van der Waals surface area (Å²) in [5.74, 6) is -2.37. The fourth-order valence-corrected chi connectivity index (χ4v) is 3.42. The van der Waals surface area contributed by atoms with E-state index in [1.54, 1.807) is 60.7 Å². The molecular formula is C24H17NO6. The summed E-state index contributed by atoms with van der Waals surface area (Å²) in [6, 6.07) is 19.2. The zero-order valence-electron chi connectivity index (χ0n) is 16.2. The average molecular weight is 415 g/mol. The van der Waals surface area contributed by atoms with E-state index in [-0.39, 0.29) is 33.9 Å². The van der Waals surface area contributed by atoms with Crippen molar-refractivity contribution in [1.82, 2.24) is 0 Å². The fourth-order valence-electron chi connectivity index (χ4n) is 3.42. The van der Waals surface area contributed by atoms with Crippen LogP contribution in [0, 0.1) is 0 Å². The van der Waals surface area contributed by atoms with Crippen LogP contribution in [0.3, 0.4) is 0 Å². The number of ether oxygens (including phenoxy) is 1. The maximum absolute atomic E-state index is 12.9. The zero-order chi connectivity index (χ0) is 22.0. The molecule has 3 aromatic rings. The van der Waals surface area contributed by atoms with Gasteiger partial charge in [0.05, 0.1) is 11.3 Å². The first-order valence-electron chi connectivity index (χ1n) is 9.48. The Bertz CT molecular complexity index is 1200. The van der Waals surface area contributed by atoms with Gasteiger partial charge in [0, 0.05) is 16.7 Å². The second-order valence-corrected chi connectivity index (χ2v) is 6.90. The molecule has 7 nitrogen and oxygen atoms in total. The van der Waals surface area contributed by atoms with Gasteiger partial charge < -0.3 is 15.2 Å². The molecule has 0 spiro atoms. The van der Waals surface area contributed by atoms with Crippen molar-refractivity contribution in [3.8, 4) is 0 Å². The highest BCUT2D eigenvalue weighted by molar-refractivity contribution is 6.30. The molecule has 0 radical (unpaired) electrons. The van der Waals surface area contributed by atoms with Crippen molar-refractivity contribution in [2.45, 2.75) is 6.10 Å². The number of carbonyl (C=O) groups is 4. The fraction of sp³-hybridized carbons (Fsp3) is 0.0833. The van der Waals surface area contributed by atoms with Gasteiger partial charge in [-0.1, -0.05) is 66.7 Å². The van der Waals surface area contributed by atoms with Crippen LogP contribution in [0.4, 0.5) is 5.69 Å². The molecule has 31 heavy (non-hydrogen) atoms. The van der Waals surface area contributed by atoms with Crippen LogP contribution in [0.2, 0.25) is 0 Å². The Hall–Kier alpha value is -4.10. The highest BCUT2D eigenvalue weighted by atomic mass is 16.5. The molecule has 1 amide bonds. The maximum atomic E-state index is 12.9. The van der Waals surface area contributed by atoms with Gasteiger partial charge >= 0.3 is 5.97 Å². The largest absolute Gasteiger partial charge is 0.453 e. The quantitative estimate of drug-likeness (QED) is 0.485. The first-order chi connectivity index (χ1) is 15.0. The van der Waals surface area contributed by atoms with Crippen molar-refractivity contribution in [3.05, 3.63) is 101 Å². The Morgan fingerprint density at radius 1 is 0.806 bits per heavy atom. The molecule has 3 aromatic carbocycles. The zero-order valence-corrected chi connectivity index (χ0v) is 16.2. The minimum Gasteiger partial charge on any atom is -0.453 e. The number of carbonyl (C=O) groups excluding carboxylic acids is 4. The number of hydrogen-bond acceptors (Lipinski definition) is 6. The maximum Gasteiger partial charge on any atom is 0.340 e. The molecule has 0 aliphatic heterocycles. The van der Waals surface area contributed by atoms with E-state index in [2.05, 4.69) is 5.32 Å². The molecule has 1 aliphatic carbocycles. The monoisotopic (exact) mass is 415 g/mol. The first-order valence-corrected chi connectivity index (χ1v) is 9.48. The average Bonchev–Trinajstić information content (AvgIpc) is 2.81. The Kier molecular flexibility index (Phi) is 5.43. The molecule has 1 aliphatic rings. The first kappa shape index (κ1) is 20.2. The van der Waals surface area contributed by atoms with Gasteiger partial charge in [-0.2, -0.15) is 0 Å². The predicted octanol–water partition coefficient (Wildman–Crippen LogP) is 2.68. The van der Waals surface area contributed by atoms with E-state index >= 15 is 0 Å². The Balaban J connectivity index is 1.48. The molecule has 0 saturated carbocycles. The van der Waals surface area contributed by atoms with Crippen LogP contribution < -0.4 is 5.32 Å². The number of nitrogens with one attached hydrogen (secondary N) is 1. The van der Waals surface area contributed by atoms with Crippen molar-refractivity contribution in [2.75, 3.05) is 11.9 Å². The van der Waals surface area contributed by atoms with Crippen molar-refractivity contribution in [3.63, 3.8) is 0 Å². The molecule has 1 atom stereocenters. The van der Waals surface area contributed by atoms with Crippen LogP contribution in [-0.2, 0) is 14.3 Å². The van der Waals surface area contributed by atoms with Gasteiger partial charge in [0.2, 0.25) is 0 Å². The highest BCUT2D eigenvalue weighted by Gasteiger charge is 2.31. The second-order valence-electron chi connectivity index (χ2n) is 6.90. The smallest absolute Gasteiger partial charge is 0.340 e. The van der Waals surface area contributed by atoms with E-state index in [0.717, 1.165) is 0 Å². The highest BCUT2D eigenvalue weighted by Crippen LogP contribution is 2.31. The Morgan fingerprint density at radius 2 is 1.42 bits per heavy atom. The molecule has 0 fully saturated rings. The Morgan fingerprint density at radius 3 is 2.13 bits per heavy atom. The lowest BCUT2D eigenvalue weighted by Gasteiger charge is -2.20. The van der Waals surface area contributed by atoms with Crippen LogP contribution in [-0.4, -0.2) is 35.2 Å². The summed E-state index contributed by atoms with van der Waals surface area (Å²) >= 11 is 0. The molecule has 7 heteroatoms. The van der Waals surface area contributed by atoms with E-state index in [1.807, 2.05) is 0 Å². The summed E-state index contributed by atoms with van der Waals surface area (Å²) in [6.45, 7) is -0.662. The number of rotatable bonds is 5.